The number of hydrogen-bond acceptors (Lipinski definition) is 4. The van der Waals surface area contributed by atoms with Crippen LogP contribution < -0.4 is 9.46 Å². The van der Waals surface area contributed by atoms with Gasteiger partial charge in [0.05, 0.1) is 16.1 Å². The number of halogens is 1. The van der Waals surface area contributed by atoms with Crippen molar-refractivity contribution in [2.75, 3.05) is 4.72 Å². The minimum Gasteiger partial charge on any atom is -0.421 e. The number of carbonyl (C=O) groups excluding carboxylic acids is 1. The normalized spacial score (nSPS) is 11.0. The standard InChI is InChI=1S/C20H16ClNO4S/c1-14-6-12-17(13-7-14)27(24,25)22-18-4-2-3-5-19(18)26-20(23)15-8-10-16(21)11-9-15/h2-13,22H,1H3. The van der Waals surface area contributed by atoms with Crippen LogP contribution in [-0.2, 0) is 10.0 Å². The maximum Gasteiger partial charge on any atom is 0.343 e. The predicted molar refractivity (Wildman–Crippen MR) is 105 cm³/mol. The molecule has 0 bridgehead atoms. The summed E-state index contributed by atoms with van der Waals surface area (Å²) < 4.78 is 33.0. The van der Waals surface area contributed by atoms with Gasteiger partial charge in [0.25, 0.3) is 10.0 Å². The lowest BCUT2D eigenvalue weighted by atomic mass is 10.2. The Morgan fingerprint density at radius 2 is 1.56 bits per heavy atom. The lowest BCUT2D eigenvalue weighted by Gasteiger charge is -2.13. The van der Waals surface area contributed by atoms with Gasteiger partial charge in [-0.05, 0) is 55.5 Å². The first-order valence-electron chi connectivity index (χ1n) is 8.01. The zero-order valence-corrected chi connectivity index (χ0v) is 15.9. The molecule has 3 aromatic rings. The molecule has 0 aliphatic carbocycles. The largest absolute Gasteiger partial charge is 0.421 e. The molecule has 3 rings (SSSR count). The molecule has 0 radical (unpaired) electrons. The molecule has 138 valence electrons. The highest BCUT2D eigenvalue weighted by molar-refractivity contribution is 7.92. The Morgan fingerprint density at radius 1 is 0.926 bits per heavy atom. The van der Waals surface area contributed by atoms with Crippen molar-refractivity contribution in [1.29, 1.82) is 0 Å². The molecule has 27 heavy (non-hydrogen) atoms. The molecule has 3 aromatic carbocycles. The number of sulfonamides is 1. The Hall–Kier alpha value is -2.83. The molecule has 0 unspecified atom stereocenters. The molecular weight excluding hydrogens is 386 g/mol. The molecule has 0 fully saturated rings. The van der Waals surface area contributed by atoms with E-state index in [0.29, 0.717) is 10.6 Å². The van der Waals surface area contributed by atoms with E-state index >= 15 is 0 Å². The van der Waals surface area contributed by atoms with E-state index in [1.807, 2.05) is 6.92 Å². The molecule has 0 amide bonds. The van der Waals surface area contributed by atoms with Crippen LogP contribution in [0.1, 0.15) is 15.9 Å². The summed E-state index contributed by atoms with van der Waals surface area (Å²) >= 11 is 5.81. The smallest absolute Gasteiger partial charge is 0.343 e. The number of ether oxygens (including phenoxy) is 1. The van der Waals surface area contributed by atoms with Gasteiger partial charge in [-0.15, -0.1) is 0 Å². The summed E-state index contributed by atoms with van der Waals surface area (Å²) in [7, 11) is -3.82. The molecule has 0 spiro atoms. The molecule has 0 atom stereocenters. The van der Waals surface area contributed by atoms with Crippen LogP contribution in [0, 0.1) is 6.92 Å². The number of aryl methyl sites for hydroxylation is 1. The van der Waals surface area contributed by atoms with Gasteiger partial charge in [-0.25, -0.2) is 13.2 Å². The van der Waals surface area contributed by atoms with Crippen LogP contribution in [0.25, 0.3) is 0 Å². The van der Waals surface area contributed by atoms with Crippen molar-refractivity contribution < 1.29 is 17.9 Å². The summed E-state index contributed by atoms with van der Waals surface area (Å²) in [6.07, 6.45) is 0. The molecule has 0 saturated heterocycles. The molecule has 0 saturated carbocycles. The number of benzene rings is 3. The van der Waals surface area contributed by atoms with E-state index in [2.05, 4.69) is 4.72 Å². The van der Waals surface area contributed by atoms with Gasteiger partial charge in [0.1, 0.15) is 0 Å². The summed E-state index contributed by atoms with van der Waals surface area (Å²) in [6.45, 7) is 1.87. The highest BCUT2D eigenvalue weighted by atomic mass is 35.5. The van der Waals surface area contributed by atoms with E-state index in [1.54, 1.807) is 36.4 Å². The topological polar surface area (TPSA) is 72.5 Å². The van der Waals surface area contributed by atoms with Crippen molar-refractivity contribution in [3.63, 3.8) is 0 Å². The number of rotatable bonds is 5. The maximum atomic E-state index is 12.6. The van der Waals surface area contributed by atoms with Crippen LogP contribution >= 0.6 is 11.6 Å². The van der Waals surface area contributed by atoms with Gasteiger partial charge in [-0.2, -0.15) is 0 Å². The third-order valence-electron chi connectivity index (χ3n) is 3.75. The third-order valence-corrected chi connectivity index (χ3v) is 5.38. The van der Waals surface area contributed by atoms with E-state index in [-0.39, 0.29) is 16.3 Å². The highest BCUT2D eigenvalue weighted by Crippen LogP contribution is 2.27. The molecule has 0 aromatic heterocycles. The van der Waals surface area contributed by atoms with Gasteiger partial charge >= 0.3 is 5.97 Å². The predicted octanol–water partition coefficient (Wildman–Crippen LogP) is 4.67. The summed E-state index contributed by atoms with van der Waals surface area (Å²) in [6, 6.07) is 19.0. The van der Waals surface area contributed by atoms with Gasteiger partial charge in [-0.3, -0.25) is 4.72 Å². The van der Waals surface area contributed by atoms with Crippen molar-refractivity contribution in [2.45, 2.75) is 11.8 Å². The minimum atomic E-state index is -3.82. The van der Waals surface area contributed by atoms with Crippen LogP contribution in [0.15, 0.2) is 77.7 Å². The number of carbonyl (C=O) groups is 1. The minimum absolute atomic E-state index is 0.105. The first-order valence-corrected chi connectivity index (χ1v) is 9.87. The van der Waals surface area contributed by atoms with Crippen LogP contribution in [0.5, 0.6) is 5.75 Å². The number of anilines is 1. The Balaban J connectivity index is 1.84. The molecule has 1 N–H and O–H groups in total. The third kappa shape index (κ3) is 4.67. The summed E-state index contributed by atoms with van der Waals surface area (Å²) in [4.78, 5) is 12.4. The van der Waals surface area contributed by atoms with Gasteiger partial charge in [0, 0.05) is 5.02 Å². The van der Waals surface area contributed by atoms with Crippen molar-refractivity contribution in [3.05, 3.63) is 88.9 Å². The second-order valence-corrected chi connectivity index (χ2v) is 7.93. The van der Waals surface area contributed by atoms with Crippen molar-refractivity contribution in [3.8, 4) is 5.75 Å². The van der Waals surface area contributed by atoms with Gasteiger partial charge in [-0.1, -0.05) is 41.4 Å². The maximum absolute atomic E-state index is 12.6. The Labute approximate surface area is 162 Å². The van der Waals surface area contributed by atoms with E-state index < -0.39 is 16.0 Å². The average Bonchev–Trinajstić information content (AvgIpc) is 2.64. The lowest BCUT2D eigenvalue weighted by Crippen LogP contribution is -2.15. The fourth-order valence-corrected chi connectivity index (χ4v) is 3.50. The molecule has 0 aliphatic heterocycles. The highest BCUT2D eigenvalue weighted by Gasteiger charge is 2.18. The van der Waals surface area contributed by atoms with Crippen LogP contribution in [0.2, 0.25) is 5.02 Å². The first-order chi connectivity index (χ1) is 12.8. The summed E-state index contributed by atoms with van der Waals surface area (Å²) in [5.74, 6) is -0.512. The van der Waals surface area contributed by atoms with Gasteiger partial charge in [0.2, 0.25) is 0 Å². The quantitative estimate of drug-likeness (QED) is 0.498. The second-order valence-electron chi connectivity index (χ2n) is 5.81. The zero-order chi connectivity index (χ0) is 19.4. The average molecular weight is 402 g/mol. The van der Waals surface area contributed by atoms with E-state index in [1.165, 1.54) is 36.4 Å². The number of esters is 1. The van der Waals surface area contributed by atoms with E-state index in [9.17, 15) is 13.2 Å². The van der Waals surface area contributed by atoms with Crippen LogP contribution in [0.3, 0.4) is 0 Å². The van der Waals surface area contributed by atoms with Crippen LogP contribution in [0.4, 0.5) is 5.69 Å². The zero-order valence-electron chi connectivity index (χ0n) is 14.3. The van der Waals surface area contributed by atoms with Gasteiger partial charge < -0.3 is 4.74 Å². The summed E-state index contributed by atoms with van der Waals surface area (Å²) in [5, 5.41) is 0.498. The number of para-hydroxylation sites is 2. The Kier molecular flexibility index (Phi) is 5.48. The lowest BCUT2D eigenvalue weighted by molar-refractivity contribution is 0.0736. The molecule has 0 aliphatic rings. The van der Waals surface area contributed by atoms with Gasteiger partial charge in [0.15, 0.2) is 5.75 Å². The molecule has 0 heterocycles. The van der Waals surface area contributed by atoms with Crippen molar-refractivity contribution >= 4 is 33.3 Å². The molecular formula is C20H16ClNO4S. The van der Waals surface area contributed by atoms with E-state index in [4.69, 9.17) is 16.3 Å². The Morgan fingerprint density at radius 3 is 2.22 bits per heavy atom. The van der Waals surface area contributed by atoms with Crippen LogP contribution in [-0.4, -0.2) is 14.4 Å². The summed E-state index contributed by atoms with van der Waals surface area (Å²) in [5.41, 5.74) is 1.42. The molecule has 5 nitrogen and oxygen atoms in total. The number of nitrogens with one attached hydrogen (secondary N) is 1. The SMILES string of the molecule is Cc1ccc(S(=O)(=O)Nc2ccccc2OC(=O)c2ccc(Cl)cc2)cc1. The number of hydrogen-bond donors (Lipinski definition) is 1. The molecule has 7 heteroatoms. The second kappa shape index (κ2) is 7.82. The monoisotopic (exact) mass is 401 g/mol. The van der Waals surface area contributed by atoms with Crippen molar-refractivity contribution in [1.82, 2.24) is 0 Å². The first kappa shape index (κ1) is 18.9. The fraction of sp³-hybridized carbons (Fsp3) is 0.0500. The fourth-order valence-electron chi connectivity index (χ4n) is 2.31. The van der Waals surface area contributed by atoms with E-state index in [0.717, 1.165) is 5.56 Å². The Bertz CT molecular complexity index is 1060. The van der Waals surface area contributed by atoms with Crippen molar-refractivity contribution in [2.24, 2.45) is 0 Å².